The summed E-state index contributed by atoms with van der Waals surface area (Å²) >= 11 is 0. The van der Waals surface area contributed by atoms with E-state index in [0.29, 0.717) is 11.4 Å². The van der Waals surface area contributed by atoms with Crippen LogP contribution in [0.4, 0.5) is 5.69 Å². The molecule has 3 nitrogen and oxygen atoms in total. The Labute approximate surface area is 87.9 Å². The summed E-state index contributed by atoms with van der Waals surface area (Å²) in [6.07, 6.45) is 7.53. The van der Waals surface area contributed by atoms with Crippen LogP contribution >= 0.6 is 0 Å². The third kappa shape index (κ3) is 1.28. The van der Waals surface area contributed by atoms with Gasteiger partial charge < -0.3 is 15.0 Å². The van der Waals surface area contributed by atoms with E-state index in [9.17, 15) is 5.21 Å². The Kier molecular flexibility index (Phi) is 1.87. The van der Waals surface area contributed by atoms with Crippen molar-refractivity contribution in [3.8, 4) is 5.75 Å². The first-order valence-corrected chi connectivity index (χ1v) is 5.01. The summed E-state index contributed by atoms with van der Waals surface area (Å²) in [7, 11) is 0. The lowest BCUT2D eigenvalue weighted by Gasteiger charge is -2.39. The van der Waals surface area contributed by atoms with E-state index in [1.807, 2.05) is 48.6 Å². The summed E-state index contributed by atoms with van der Waals surface area (Å²) in [6, 6.07) is 7.26. The first-order valence-electron chi connectivity index (χ1n) is 5.01. The molecule has 3 rings (SSSR count). The Balaban J connectivity index is 2.07. The normalized spacial score (nSPS) is 31.7. The zero-order valence-electron chi connectivity index (χ0n) is 8.09. The number of allylic oxidation sites excluding steroid dienone is 2. The van der Waals surface area contributed by atoms with E-state index in [1.165, 1.54) is 0 Å². The predicted octanol–water partition coefficient (Wildman–Crippen LogP) is 0.956. The Hall–Kier alpha value is -1.58. The molecular formula is C12H11NO2. The second-order valence-corrected chi connectivity index (χ2v) is 3.74. The van der Waals surface area contributed by atoms with Crippen molar-refractivity contribution in [1.29, 1.82) is 0 Å². The number of quaternary nitrogens is 1. The van der Waals surface area contributed by atoms with Gasteiger partial charge in [-0.3, -0.25) is 0 Å². The van der Waals surface area contributed by atoms with E-state index in [1.54, 1.807) is 0 Å². The van der Waals surface area contributed by atoms with Crippen molar-refractivity contribution in [3.63, 3.8) is 0 Å². The summed E-state index contributed by atoms with van der Waals surface area (Å²) in [5.74, 6) is 0.698. The Bertz CT molecular complexity index is 439. The van der Waals surface area contributed by atoms with E-state index < -0.39 is 0 Å². The Morgan fingerprint density at radius 3 is 2.87 bits per heavy atom. The van der Waals surface area contributed by atoms with Crippen LogP contribution in [0.2, 0.25) is 0 Å². The molecule has 0 radical (unpaired) electrons. The smallest absolute Gasteiger partial charge is 0.181 e. The summed E-state index contributed by atoms with van der Waals surface area (Å²) in [6.45, 7) is 0. The molecule has 15 heavy (non-hydrogen) atoms. The van der Waals surface area contributed by atoms with Crippen LogP contribution in [0.5, 0.6) is 5.75 Å². The molecule has 0 saturated carbocycles. The molecule has 0 bridgehead atoms. The van der Waals surface area contributed by atoms with E-state index in [-0.39, 0.29) is 17.2 Å². The fourth-order valence-electron chi connectivity index (χ4n) is 2.04. The van der Waals surface area contributed by atoms with Crippen LogP contribution in [0.3, 0.4) is 0 Å². The van der Waals surface area contributed by atoms with Crippen molar-refractivity contribution in [1.82, 2.24) is 0 Å². The molecule has 0 fully saturated rings. The lowest BCUT2D eigenvalue weighted by Crippen LogP contribution is -3.09. The van der Waals surface area contributed by atoms with Gasteiger partial charge in [0.1, 0.15) is 0 Å². The number of hydroxylamine groups is 1. The molecule has 3 atom stereocenters. The quantitative estimate of drug-likeness (QED) is 0.635. The van der Waals surface area contributed by atoms with E-state index in [0.717, 1.165) is 0 Å². The summed E-state index contributed by atoms with van der Waals surface area (Å²) in [5, 5.41) is 12.2. The molecule has 0 saturated heterocycles. The molecule has 2 aliphatic rings. The molecule has 3 heteroatoms. The van der Waals surface area contributed by atoms with E-state index >= 15 is 0 Å². The number of rotatable bonds is 0. The third-order valence-electron chi connectivity index (χ3n) is 2.80. The largest absolute Gasteiger partial charge is 0.628 e. The van der Waals surface area contributed by atoms with Crippen LogP contribution in [0, 0.1) is 5.21 Å². The van der Waals surface area contributed by atoms with Gasteiger partial charge in [-0.25, -0.2) is 0 Å². The minimum absolute atomic E-state index is 0.127. The van der Waals surface area contributed by atoms with Gasteiger partial charge in [-0.2, -0.15) is 0 Å². The summed E-state index contributed by atoms with van der Waals surface area (Å²) in [4.78, 5) is 0. The number of nitrogens with one attached hydrogen (secondary N) is 1. The first-order chi connectivity index (χ1) is 7.36. The van der Waals surface area contributed by atoms with Crippen molar-refractivity contribution in [2.75, 3.05) is 0 Å². The molecule has 1 aromatic carbocycles. The van der Waals surface area contributed by atoms with E-state index in [2.05, 4.69) is 0 Å². The number of fused-ring (bicyclic) bond motifs is 2. The average Bonchev–Trinajstić information content (AvgIpc) is 2.30. The SMILES string of the molecule is [O-][NH+]1c2ccccc2OC2C=CC=CC21. The van der Waals surface area contributed by atoms with Crippen molar-refractivity contribution in [3.05, 3.63) is 53.8 Å². The maximum absolute atomic E-state index is 12.1. The summed E-state index contributed by atoms with van der Waals surface area (Å²) in [5.41, 5.74) is 0.693. The number of hydrogen-bond acceptors (Lipinski definition) is 2. The first kappa shape index (κ1) is 8.71. The van der Waals surface area contributed by atoms with Crippen LogP contribution < -0.4 is 9.80 Å². The van der Waals surface area contributed by atoms with Gasteiger partial charge in [0, 0.05) is 6.07 Å². The van der Waals surface area contributed by atoms with Crippen molar-refractivity contribution >= 4 is 5.69 Å². The highest BCUT2D eigenvalue weighted by Crippen LogP contribution is 2.27. The Morgan fingerprint density at radius 1 is 1.13 bits per heavy atom. The van der Waals surface area contributed by atoms with Crippen LogP contribution in [-0.4, -0.2) is 12.1 Å². The van der Waals surface area contributed by atoms with Gasteiger partial charge in [0.2, 0.25) is 0 Å². The average molecular weight is 201 g/mol. The predicted molar refractivity (Wildman–Crippen MR) is 56.9 cm³/mol. The summed E-state index contributed by atoms with van der Waals surface area (Å²) < 4.78 is 5.75. The van der Waals surface area contributed by atoms with Crippen LogP contribution in [0.15, 0.2) is 48.6 Å². The molecule has 1 heterocycles. The number of ether oxygens (including phenoxy) is 1. The molecule has 3 unspecified atom stereocenters. The standard InChI is InChI=1S/C12H11NO2/c14-13-9-5-1-3-7-11(9)15-12-8-4-2-6-10(12)13/h1-9,11,13H. The minimum Gasteiger partial charge on any atom is -0.628 e. The van der Waals surface area contributed by atoms with Crippen molar-refractivity contribution in [2.45, 2.75) is 12.1 Å². The number of benzene rings is 1. The highest BCUT2D eigenvalue weighted by atomic mass is 16.5. The molecule has 0 amide bonds. The zero-order valence-corrected chi connectivity index (χ0v) is 8.09. The molecule has 76 valence electrons. The van der Waals surface area contributed by atoms with Gasteiger partial charge in [-0.1, -0.05) is 24.3 Å². The topological polar surface area (TPSA) is 36.7 Å². The lowest BCUT2D eigenvalue weighted by atomic mass is 10.0. The molecule has 1 N–H and O–H groups in total. The molecule has 1 aromatic rings. The van der Waals surface area contributed by atoms with Gasteiger partial charge in [0.15, 0.2) is 23.6 Å². The second kappa shape index (κ2) is 3.22. The second-order valence-electron chi connectivity index (χ2n) is 3.74. The fraction of sp³-hybridized carbons (Fsp3) is 0.167. The highest BCUT2D eigenvalue weighted by Gasteiger charge is 2.33. The number of para-hydroxylation sites is 2. The van der Waals surface area contributed by atoms with Gasteiger partial charge >= 0.3 is 0 Å². The van der Waals surface area contributed by atoms with Crippen molar-refractivity contribution < 1.29 is 9.80 Å². The lowest BCUT2D eigenvalue weighted by molar-refractivity contribution is -0.806. The number of hydrogen-bond donors (Lipinski definition) is 1. The van der Waals surface area contributed by atoms with Crippen LogP contribution in [0.1, 0.15) is 0 Å². The van der Waals surface area contributed by atoms with Gasteiger partial charge in [-0.05, 0) is 18.2 Å². The molecule has 0 spiro atoms. The fourth-order valence-corrected chi connectivity index (χ4v) is 2.04. The maximum Gasteiger partial charge on any atom is 0.181 e. The van der Waals surface area contributed by atoms with E-state index in [4.69, 9.17) is 4.74 Å². The van der Waals surface area contributed by atoms with Crippen LogP contribution in [0.25, 0.3) is 0 Å². The third-order valence-corrected chi connectivity index (χ3v) is 2.80. The zero-order chi connectivity index (χ0) is 10.3. The van der Waals surface area contributed by atoms with Crippen LogP contribution in [-0.2, 0) is 0 Å². The van der Waals surface area contributed by atoms with Gasteiger partial charge in [0.25, 0.3) is 0 Å². The van der Waals surface area contributed by atoms with Gasteiger partial charge in [-0.15, -0.1) is 0 Å². The maximum atomic E-state index is 12.1. The van der Waals surface area contributed by atoms with Crippen molar-refractivity contribution in [2.24, 2.45) is 0 Å². The highest BCUT2D eigenvalue weighted by molar-refractivity contribution is 5.48. The molecular weight excluding hydrogens is 190 g/mol. The molecule has 1 aliphatic heterocycles. The Morgan fingerprint density at radius 2 is 1.93 bits per heavy atom. The molecule has 0 aromatic heterocycles. The van der Waals surface area contributed by atoms with Gasteiger partial charge in [0.05, 0.1) is 0 Å². The monoisotopic (exact) mass is 201 g/mol. The molecule has 1 aliphatic carbocycles. The minimum atomic E-state index is -0.148.